The van der Waals surface area contributed by atoms with Crippen molar-refractivity contribution >= 4 is 17.3 Å². The van der Waals surface area contributed by atoms with E-state index in [0.29, 0.717) is 12.3 Å². The van der Waals surface area contributed by atoms with E-state index in [-0.39, 0.29) is 11.6 Å². The Morgan fingerprint density at radius 1 is 1.29 bits per heavy atom. The number of anilines is 2. The van der Waals surface area contributed by atoms with E-state index in [1.165, 1.54) is 18.2 Å². The summed E-state index contributed by atoms with van der Waals surface area (Å²) >= 11 is 0. The van der Waals surface area contributed by atoms with Crippen LogP contribution < -0.4 is 11.1 Å². The number of carbonyl (C=O) groups is 1. The highest BCUT2D eigenvalue weighted by Gasteiger charge is 2.14. The molecule has 0 aliphatic rings. The zero-order valence-corrected chi connectivity index (χ0v) is 11.7. The van der Waals surface area contributed by atoms with Gasteiger partial charge >= 0.3 is 0 Å². The summed E-state index contributed by atoms with van der Waals surface area (Å²) in [5.74, 6) is -0.821. The molecule has 0 aliphatic heterocycles. The van der Waals surface area contributed by atoms with Crippen LogP contribution >= 0.6 is 0 Å². The fraction of sp³-hybridized carbons (Fsp3) is 0.188. The van der Waals surface area contributed by atoms with Gasteiger partial charge in [-0.1, -0.05) is 30.3 Å². The summed E-state index contributed by atoms with van der Waals surface area (Å²) in [6.07, 6.45) is -0.628. The van der Waals surface area contributed by atoms with Crippen molar-refractivity contribution in [1.29, 1.82) is 0 Å². The molecule has 0 bridgehead atoms. The second kappa shape index (κ2) is 6.85. The molecule has 0 saturated heterocycles. The molecule has 0 saturated carbocycles. The van der Waals surface area contributed by atoms with Crippen molar-refractivity contribution in [2.45, 2.75) is 19.6 Å². The van der Waals surface area contributed by atoms with Crippen LogP contribution in [0.1, 0.15) is 12.5 Å². The molecule has 4 nitrogen and oxygen atoms in total. The first-order valence-electron chi connectivity index (χ1n) is 6.57. The van der Waals surface area contributed by atoms with Gasteiger partial charge in [-0.15, -0.1) is 0 Å². The topological polar surface area (TPSA) is 64.3 Å². The number of ether oxygens (including phenoxy) is 1. The predicted octanol–water partition coefficient (Wildman–Crippen LogP) is 2.95. The third kappa shape index (κ3) is 4.29. The number of hydrogen-bond acceptors (Lipinski definition) is 3. The molecule has 0 spiro atoms. The highest BCUT2D eigenvalue weighted by molar-refractivity contribution is 5.94. The van der Waals surface area contributed by atoms with E-state index in [9.17, 15) is 9.18 Å². The molecule has 2 rings (SSSR count). The van der Waals surface area contributed by atoms with E-state index in [0.717, 1.165) is 5.56 Å². The molecule has 1 amide bonds. The average molecular weight is 288 g/mol. The van der Waals surface area contributed by atoms with Crippen LogP contribution in [-0.4, -0.2) is 12.0 Å². The van der Waals surface area contributed by atoms with E-state index >= 15 is 0 Å². The molecule has 2 aromatic rings. The van der Waals surface area contributed by atoms with Crippen molar-refractivity contribution in [3.8, 4) is 0 Å². The summed E-state index contributed by atoms with van der Waals surface area (Å²) in [7, 11) is 0. The Morgan fingerprint density at radius 3 is 2.67 bits per heavy atom. The largest absolute Gasteiger partial charge is 0.396 e. The summed E-state index contributed by atoms with van der Waals surface area (Å²) in [6.45, 7) is 2.01. The number of nitrogen functional groups attached to an aromatic ring is 1. The Morgan fingerprint density at radius 2 is 2.00 bits per heavy atom. The SMILES string of the molecule is CC(OCc1ccccc1)C(=O)Nc1ccc(F)c(N)c1. The van der Waals surface area contributed by atoms with Crippen LogP contribution in [0.15, 0.2) is 48.5 Å². The maximum absolute atomic E-state index is 13.0. The standard InChI is InChI=1S/C16H17FN2O2/c1-11(21-10-12-5-3-2-4-6-12)16(20)19-13-7-8-14(17)15(18)9-13/h2-9,11H,10,18H2,1H3,(H,19,20). The van der Waals surface area contributed by atoms with Crippen molar-refractivity contribution in [3.05, 3.63) is 59.9 Å². The third-order valence-electron chi connectivity index (χ3n) is 2.98. The Bertz CT molecular complexity index is 617. The molecule has 21 heavy (non-hydrogen) atoms. The van der Waals surface area contributed by atoms with Gasteiger partial charge in [0.1, 0.15) is 11.9 Å². The number of nitrogens with two attached hydrogens (primary N) is 1. The number of amides is 1. The number of benzene rings is 2. The van der Waals surface area contributed by atoms with Gasteiger partial charge in [-0.3, -0.25) is 4.79 Å². The number of hydrogen-bond donors (Lipinski definition) is 2. The molecule has 1 unspecified atom stereocenters. The van der Waals surface area contributed by atoms with E-state index in [1.807, 2.05) is 30.3 Å². The zero-order valence-electron chi connectivity index (χ0n) is 11.7. The minimum atomic E-state index is -0.628. The summed E-state index contributed by atoms with van der Waals surface area (Å²) < 4.78 is 18.5. The second-order valence-electron chi connectivity index (χ2n) is 4.66. The van der Waals surface area contributed by atoms with E-state index in [4.69, 9.17) is 10.5 Å². The van der Waals surface area contributed by atoms with Gasteiger partial charge < -0.3 is 15.8 Å². The molecule has 0 fully saturated rings. The minimum absolute atomic E-state index is 0.00865. The summed E-state index contributed by atoms with van der Waals surface area (Å²) in [5, 5.41) is 2.64. The molecule has 0 heterocycles. The maximum Gasteiger partial charge on any atom is 0.253 e. The van der Waals surface area contributed by atoms with Crippen LogP contribution in [0.25, 0.3) is 0 Å². The molecule has 2 aromatic carbocycles. The van der Waals surface area contributed by atoms with Gasteiger partial charge in [0, 0.05) is 5.69 Å². The van der Waals surface area contributed by atoms with Crippen LogP contribution in [-0.2, 0) is 16.1 Å². The van der Waals surface area contributed by atoms with Crippen LogP contribution in [0.5, 0.6) is 0 Å². The van der Waals surface area contributed by atoms with E-state index in [2.05, 4.69) is 5.32 Å². The molecule has 3 N–H and O–H groups in total. The number of rotatable bonds is 5. The molecule has 5 heteroatoms. The molecule has 0 radical (unpaired) electrons. The molecule has 110 valence electrons. The Kier molecular flexibility index (Phi) is 4.90. The zero-order chi connectivity index (χ0) is 15.2. The van der Waals surface area contributed by atoms with Crippen molar-refractivity contribution in [1.82, 2.24) is 0 Å². The third-order valence-corrected chi connectivity index (χ3v) is 2.98. The van der Waals surface area contributed by atoms with Gasteiger partial charge in [-0.05, 0) is 30.7 Å². The van der Waals surface area contributed by atoms with Gasteiger partial charge in [0.25, 0.3) is 5.91 Å². The van der Waals surface area contributed by atoms with Gasteiger partial charge in [-0.25, -0.2) is 4.39 Å². The Hall–Kier alpha value is -2.40. The monoisotopic (exact) mass is 288 g/mol. The first-order chi connectivity index (χ1) is 10.1. The van der Waals surface area contributed by atoms with Crippen molar-refractivity contribution in [2.24, 2.45) is 0 Å². The van der Waals surface area contributed by atoms with Crippen molar-refractivity contribution < 1.29 is 13.9 Å². The van der Waals surface area contributed by atoms with Gasteiger partial charge in [0.15, 0.2) is 0 Å². The van der Waals surface area contributed by atoms with E-state index in [1.54, 1.807) is 6.92 Å². The summed E-state index contributed by atoms with van der Waals surface area (Å²) in [5.41, 5.74) is 6.87. The number of nitrogens with one attached hydrogen (secondary N) is 1. The van der Waals surface area contributed by atoms with Crippen LogP contribution in [0.4, 0.5) is 15.8 Å². The lowest BCUT2D eigenvalue weighted by Crippen LogP contribution is -2.27. The van der Waals surface area contributed by atoms with Crippen LogP contribution in [0, 0.1) is 5.82 Å². The highest BCUT2D eigenvalue weighted by atomic mass is 19.1. The van der Waals surface area contributed by atoms with Crippen LogP contribution in [0.3, 0.4) is 0 Å². The predicted molar refractivity (Wildman–Crippen MR) is 80.1 cm³/mol. The normalized spacial score (nSPS) is 11.9. The van der Waals surface area contributed by atoms with Crippen molar-refractivity contribution in [3.63, 3.8) is 0 Å². The summed E-state index contributed by atoms with van der Waals surface area (Å²) in [4.78, 5) is 12.0. The quantitative estimate of drug-likeness (QED) is 0.831. The first-order valence-corrected chi connectivity index (χ1v) is 6.57. The van der Waals surface area contributed by atoms with Crippen LogP contribution in [0.2, 0.25) is 0 Å². The lowest BCUT2D eigenvalue weighted by molar-refractivity contribution is -0.127. The second-order valence-corrected chi connectivity index (χ2v) is 4.66. The lowest BCUT2D eigenvalue weighted by Gasteiger charge is -2.14. The van der Waals surface area contributed by atoms with Crippen molar-refractivity contribution in [2.75, 3.05) is 11.1 Å². The first kappa shape index (κ1) is 15.0. The number of carbonyl (C=O) groups excluding carboxylic acids is 1. The molecule has 1 atom stereocenters. The fourth-order valence-electron chi connectivity index (χ4n) is 1.74. The maximum atomic E-state index is 13.0. The Balaban J connectivity index is 1.89. The highest BCUT2D eigenvalue weighted by Crippen LogP contribution is 2.16. The number of halogens is 1. The average Bonchev–Trinajstić information content (AvgIpc) is 2.49. The Labute approximate surface area is 122 Å². The minimum Gasteiger partial charge on any atom is -0.396 e. The molecular formula is C16H17FN2O2. The smallest absolute Gasteiger partial charge is 0.253 e. The molecule has 0 aromatic heterocycles. The lowest BCUT2D eigenvalue weighted by atomic mass is 10.2. The van der Waals surface area contributed by atoms with E-state index < -0.39 is 11.9 Å². The van der Waals surface area contributed by atoms with Gasteiger partial charge in [0.05, 0.1) is 12.3 Å². The molecular weight excluding hydrogens is 271 g/mol. The summed E-state index contributed by atoms with van der Waals surface area (Å²) in [6, 6.07) is 13.6. The van der Waals surface area contributed by atoms with Gasteiger partial charge in [-0.2, -0.15) is 0 Å². The fourth-order valence-corrected chi connectivity index (χ4v) is 1.74. The molecule has 0 aliphatic carbocycles. The van der Waals surface area contributed by atoms with Gasteiger partial charge in [0.2, 0.25) is 0 Å².